The molecule has 2 aromatic carbocycles. The zero-order valence-electron chi connectivity index (χ0n) is 17.9. The predicted molar refractivity (Wildman–Crippen MR) is 115 cm³/mol. The number of nitrogens with one attached hydrogen (secondary N) is 2. The minimum atomic E-state index is -1.14. The molecule has 2 N–H and O–H groups in total. The first-order valence-electron chi connectivity index (χ1n) is 10.1. The van der Waals surface area contributed by atoms with Crippen molar-refractivity contribution in [2.24, 2.45) is 0 Å². The van der Waals surface area contributed by atoms with Crippen LogP contribution in [0.4, 0.5) is 4.79 Å². The van der Waals surface area contributed by atoms with Crippen LogP contribution in [0.5, 0.6) is 11.5 Å². The summed E-state index contributed by atoms with van der Waals surface area (Å²) < 4.78 is 10.5. The number of carbonyl (C=O) groups excluding carboxylic acids is 3. The van der Waals surface area contributed by atoms with Gasteiger partial charge in [0, 0.05) is 6.54 Å². The number of carbonyl (C=O) groups is 3. The van der Waals surface area contributed by atoms with E-state index in [-0.39, 0.29) is 6.54 Å². The first-order chi connectivity index (χ1) is 14.9. The van der Waals surface area contributed by atoms with Crippen molar-refractivity contribution in [3.63, 3.8) is 0 Å². The molecule has 1 aliphatic heterocycles. The standard InChI is InChI=1S/C23H27N3O5/c1-4-23(17-8-6-5-7-9-17)21(28)26(22(29)25-23)15-20(27)24-13-12-16-10-11-18(30-2)19(14-16)31-3/h5-11,14H,4,12-13,15H2,1-3H3,(H,24,27)(H,25,29)/t23-/m1/s1. The molecule has 0 bridgehead atoms. The van der Waals surface area contributed by atoms with Crippen LogP contribution in [-0.4, -0.2) is 50.1 Å². The fourth-order valence-corrected chi connectivity index (χ4v) is 3.71. The van der Waals surface area contributed by atoms with Crippen LogP contribution in [0.25, 0.3) is 0 Å². The van der Waals surface area contributed by atoms with E-state index in [0.717, 1.165) is 10.5 Å². The van der Waals surface area contributed by atoms with Crippen LogP contribution in [0.2, 0.25) is 0 Å². The largest absolute Gasteiger partial charge is 0.493 e. The number of amides is 4. The fraction of sp³-hybridized carbons (Fsp3) is 0.348. The molecule has 0 spiro atoms. The van der Waals surface area contributed by atoms with Crippen molar-refractivity contribution in [2.75, 3.05) is 27.3 Å². The third-order valence-electron chi connectivity index (χ3n) is 5.46. The Morgan fingerprint density at radius 3 is 2.42 bits per heavy atom. The molecule has 0 unspecified atom stereocenters. The summed E-state index contributed by atoms with van der Waals surface area (Å²) in [6, 6.07) is 14.0. The first-order valence-corrected chi connectivity index (χ1v) is 10.1. The molecule has 3 rings (SSSR count). The van der Waals surface area contributed by atoms with Gasteiger partial charge in [0.25, 0.3) is 5.91 Å². The van der Waals surface area contributed by atoms with E-state index < -0.39 is 23.4 Å². The van der Waals surface area contributed by atoms with E-state index >= 15 is 0 Å². The van der Waals surface area contributed by atoms with E-state index in [2.05, 4.69) is 10.6 Å². The summed E-state index contributed by atoms with van der Waals surface area (Å²) in [5.41, 5.74) is 0.521. The molecule has 8 nitrogen and oxygen atoms in total. The van der Waals surface area contributed by atoms with E-state index in [1.165, 1.54) is 0 Å². The van der Waals surface area contributed by atoms with Gasteiger partial charge in [-0.1, -0.05) is 43.3 Å². The van der Waals surface area contributed by atoms with Gasteiger partial charge >= 0.3 is 6.03 Å². The molecule has 164 valence electrons. The monoisotopic (exact) mass is 425 g/mol. The molecule has 4 amide bonds. The van der Waals surface area contributed by atoms with Crippen LogP contribution in [0.15, 0.2) is 48.5 Å². The highest BCUT2D eigenvalue weighted by Gasteiger charge is 2.51. The van der Waals surface area contributed by atoms with Gasteiger partial charge in [0.15, 0.2) is 11.5 Å². The maximum atomic E-state index is 13.1. The second kappa shape index (κ2) is 9.51. The van der Waals surface area contributed by atoms with Gasteiger partial charge in [-0.15, -0.1) is 0 Å². The Labute approximate surface area is 181 Å². The first kappa shape index (κ1) is 22.1. The highest BCUT2D eigenvalue weighted by atomic mass is 16.5. The van der Waals surface area contributed by atoms with E-state index in [1.807, 2.05) is 37.3 Å². The normalized spacial score (nSPS) is 18.0. The number of rotatable bonds is 9. The van der Waals surface area contributed by atoms with E-state index in [0.29, 0.717) is 36.4 Å². The summed E-state index contributed by atoms with van der Waals surface area (Å²) in [5, 5.41) is 5.54. The van der Waals surface area contributed by atoms with Crippen LogP contribution in [0, 0.1) is 0 Å². The van der Waals surface area contributed by atoms with Crippen LogP contribution in [0.1, 0.15) is 24.5 Å². The number of imide groups is 1. The van der Waals surface area contributed by atoms with Gasteiger partial charge in [-0.2, -0.15) is 0 Å². The van der Waals surface area contributed by atoms with Gasteiger partial charge in [-0.25, -0.2) is 4.79 Å². The highest BCUT2D eigenvalue weighted by Crippen LogP contribution is 2.32. The smallest absolute Gasteiger partial charge is 0.325 e. The number of methoxy groups -OCH3 is 2. The Kier molecular flexibility index (Phi) is 6.79. The van der Waals surface area contributed by atoms with E-state index in [9.17, 15) is 14.4 Å². The number of hydrogen-bond donors (Lipinski definition) is 2. The number of hydrogen-bond acceptors (Lipinski definition) is 5. The third-order valence-corrected chi connectivity index (χ3v) is 5.46. The SMILES string of the molecule is CC[C@]1(c2ccccc2)NC(=O)N(CC(=O)NCCc2ccc(OC)c(OC)c2)C1=O. The molecule has 2 aromatic rings. The molecule has 0 aliphatic carbocycles. The number of ether oxygens (including phenoxy) is 2. The van der Waals surface area contributed by atoms with Crippen LogP contribution >= 0.6 is 0 Å². The van der Waals surface area contributed by atoms with Gasteiger partial charge in [0.1, 0.15) is 12.1 Å². The van der Waals surface area contributed by atoms with Crippen molar-refractivity contribution in [3.05, 3.63) is 59.7 Å². The lowest BCUT2D eigenvalue weighted by atomic mass is 9.87. The van der Waals surface area contributed by atoms with Crippen molar-refractivity contribution in [3.8, 4) is 11.5 Å². The second-order valence-electron chi connectivity index (χ2n) is 7.24. The highest BCUT2D eigenvalue weighted by molar-refractivity contribution is 6.09. The summed E-state index contributed by atoms with van der Waals surface area (Å²) in [7, 11) is 3.13. The summed E-state index contributed by atoms with van der Waals surface area (Å²) in [4.78, 5) is 38.9. The van der Waals surface area contributed by atoms with Crippen molar-refractivity contribution in [2.45, 2.75) is 25.3 Å². The summed E-state index contributed by atoms with van der Waals surface area (Å²) >= 11 is 0. The quantitative estimate of drug-likeness (QED) is 0.601. The predicted octanol–water partition coefficient (Wildman–Crippen LogP) is 2.22. The van der Waals surface area contributed by atoms with Crippen molar-refractivity contribution in [1.29, 1.82) is 0 Å². The summed E-state index contributed by atoms with van der Waals surface area (Å²) in [6.07, 6.45) is 0.953. The maximum absolute atomic E-state index is 13.1. The Morgan fingerprint density at radius 2 is 1.77 bits per heavy atom. The molecule has 1 saturated heterocycles. The van der Waals surface area contributed by atoms with Crippen molar-refractivity contribution < 1.29 is 23.9 Å². The lowest BCUT2D eigenvalue weighted by molar-refractivity contribution is -0.135. The van der Waals surface area contributed by atoms with Gasteiger partial charge in [0.05, 0.1) is 14.2 Å². The average molecular weight is 425 g/mol. The summed E-state index contributed by atoms with van der Waals surface area (Å²) in [6.45, 7) is 1.86. The molecule has 1 heterocycles. The molecule has 8 heteroatoms. The van der Waals surface area contributed by atoms with Gasteiger partial charge in [-0.05, 0) is 36.1 Å². The van der Waals surface area contributed by atoms with Gasteiger partial charge < -0.3 is 20.1 Å². The molecule has 0 saturated carbocycles. The molecule has 0 aromatic heterocycles. The molecule has 0 radical (unpaired) electrons. The third kappa shape index (κ3) is 4.47. The Balaban J connectivity index is 1.59. The number of urea groups is 1. The Morgan fingerprint density at radius 1 is 1.06 bits per heavy atom. The summed E-state index contributed by atoms with van der Waals surface area (Å²) in [5.74, 6) is 0.430. The van der Waals surface area contributed by atoms with Crippen molar-refractivity contribution >= 4 is 17.8 Å². The van der Waals surface area contributed by atoms with Crippen LogP contribution < -0.4 is 20.1 Å². The zero-order valence-corrected chi connectivity index (χ0v) is 17.9. The lowest BCUT2D eigenvalue weighted by Crippen LogP contribution is -2.45. The van der Waals surface area contributed by atoms with Gasteiger partial charge in [0.2, 0.25) is 5.91 Å². The zero-order chi connectivity index (χ0) is 22.4. The molecule has 31 heavy (non-hydrogen) atoms. The lowest BCUT2D eigenvalue weighted by Gasteiger charge is -2.25. The van der Waals surface area contributed by atoms with E-state index in [4.69, 9.17) is 9.47 Å². The topological polar surface area (TPSA) is 97.0 Å². The molecular weight excluding hydrogens is 398 g/mol. The molecule has 1 fully saturated rings. The fourth-order valence-electron chi connectivity index (χ4n) is 3.71. The van der Waals surface area contributed by atoms with Crippen LogP contribution in [0.3, 0.4) is 0 Å². The van der Waals surface area contributed by atoms with Crippen LogP contribution in [-0.2, 0) is 21.5 Å². The molecular formula is C23H27N3O5. The average Bonchev–Trinajstić information content (AvgIpc) is 3.04. The van der Waals surface area contributed by atoms with E-state index in [1.54, 1.807) is 32.4 Å². The Hall–Kier alpha value is -3.55. The van der Waals surface area contributed by atoms with Gasteiger partial charge in [-0.3, -0.25) is 14.5 Å². The Bertz CT molecular complexity index is 963. The minimum Gasteiger partial charge on any atom is -0.493 e. The van der Waals surface area contributed by atoms with Crippen molar-refractivity contribution in [1.82, 2.24) is 15.5 Å². The second-order valence-corrected chi connectivity index (χ2v) is 7.24. The number of benzene rings is 2. The minimum absolute atomic E-state index is 0.328. The maximum Gasteiger partial charge on any atom is 0.325 e. The molecule has 1 atom stereocenters. The number of nitrogens with zero attached hydrogens (tertiary/aromatic N) is 1. The molecule has 1 aliphatic rings.